The molecule has 8 heteroatoms. The van der Waals surface area contributed by atoms with Crippen molar-refractivity contribution in [3.63, 3.8) is 0 Å². The minimum Gasteiger partial charge on any atom is -0.443 e. The van der Waals surface area contributed by atoms with E-state index in [2.05, 4.69) is 20.1 Å². The van der Waals surface area contributed by atoms with E-state index in [0.717, 1.165) is 18.2 Å². The van der Waals surface area contributed by atoms with E-state index >= 15 is 0 Å². The summed E-state index contributed by atoms with van der Waals surface area (Å²) in [4.78, 5) is 21.1. The van der Waals surface area contributed by atoms with Crippen molar-refractivity contribution in [1.29, 1.82) is 0 Å². The molecular formula is C20H23N5O2S. The molecule has 3 heterocycles. The minimum atomic E-state index is 0.0460. The maximum absolute atomic E-state index is 12.8. The van der Waals surface area contributed by atoms with Crippen LogP contribution in [0.4, 0.5) is 5.13 Å². The molecule has 0 radical (unpaired) electrons. The number of fused-ring (bicyclic) bond motifs is 1. The fourth-order valence-corrected chi connectivity index (χ4v) is 5.21. The summed E-state index contributed by atoms with van der Waals surface area (Å²) in [5.41, 5.74) is 2.07. The van der Waals surface area contributed by atoms with E-state index in [1.807, 2.05) is 11.0 Å². The third-order valence-electron chi connectivity index (χ3n) is 5.80. The number of anilines is 1. The van der Waals surface area contributed by atoms with Crippen molar-refractivity contribution in [2.45, 2.75) is 38.0 Å². The summed E-state index contributed by atoms with van der Waals surface area (Å²) in [6, 6.07) is 5.41. The Morgan fingerprint density at radius 1 is 1.07 bits per heavy atom. The summed E-state index contributed by atoms with van der Waals surface area (Å²) < 4.78 is 5.25. The third kappa shape index (κ3) is 3.37. The Morgan fingerprint density at radius 3 is 2.71 bits per heavy atom. The zero-order valence-electron chi connectivity index (χ0n) is 15.7. The van der Waals surface area contributed by atoms with E-state index < -0.39 is 0 Å². The number of hydrogen-bond donors (Lipinski definition) is 0. The van der Waals surface area contributed by atoms with Gasteiger partial charge in [-0.2, -0.15) is 0 Å². The van der Waals surface area contributed by atoms with Crippen molar-refractivity contribution in [1.82, 2.24) is 20.1 Å². The number of amides is 1. The van der Waals surface area contributed by atoms with Crippen molar-refractivity contribution in [2.24, 2.45) is 0 Å². The molecular weight excluding hydrogens is 374 g/mol. The van der Waals surface area contributed by atoms with Gasteiger partial charge in [0.05, 0.1) is 0 Å². The van der Waals surface area contributed by atoms with Gasteiger partial charge < -0.3 is 14.2 Å². The molecule has 1 aromatic carbocycles. The van der Waals surface area contributed by atoms with Crippen molar-refractivity contribution >= 4 is 33.5 Å². The number of aromatic nitrogens is 3. The van der Waals surface area contributed by atoms with Gasteiger partial charge in [-0.3, -0.25) is 4.79 Å². The summed E-state index contributed by atoms with van der Waals surface area (Å²) in [5, 5.41) is 11.1. The molecule has 1 saturated carbocycles. The van der Waals surface area contributed by atoms with Crippen LogP contribution >= 0.6 is 11.3 Å². The van der Waals surface area contributed by atoms with Crippen LogP contribution in [0.2, 0.25) is 0 Å². The Kier molecular flexibility index (Phi) is 4.72. The quantitative estimate of drug-likeness (QED) is 0.671. The molecule has 2 fully saturated rings. The van der Waals surface area contributed by atoms with Gasteiger partial charge in [0.25, 0.3) is 5.91 Å². The van der Waals surface area contributed by atoms with Crippen LogP contribution in [-0.2, 0) is 0 Å². The maximum atomic E-state index is 12.8. The highest BCUT2D eigenvalue weighted by molar-refractivity contribution is 7.15. The van der Waals surface area contributed by atoms with Crippen LogP contribution in [0.1, 0.15) is 53.4 Å². The normalized spacial score (nSPS) is 18.7. The molecule has 0 unspecified atom stereocenters. The standard InChI is InChI=1S/C20H23N5O2S/c26-19(15-6-7-17-16(12-15)21-13-27-17)24-8-10-25(11-9-24)20-23-22-18(28-20)14-4-2-1-3-5-14/h6-7,12-14H,1-5,8-11H2. The first-order valence-electron chi connectivity index (χ1n) is 9.99. The average Bonchev–Trinajstić information content (AvgIpc) is 3.43. The lowest BCUT2D eigenvalue weighted by atomic mass is 9.90. The molecule has 1 aliphatic carbocycles. The molecule has 1 amide bonds. The Hall–Kier alpha value is -2.48. The van der Waals surface area contributed by atoms with Crippen LogP contribution in [0.15, 0.2) is 29.0 Å². The maximum Gasteiger partial charge on any atom is 0.254 e. The predicted molar refractivity (Wildman–Crippen MR) is 108 cm³/mol. The summed E-state index contributed by atoms with van der Waals surface area (Å²) in [7, 11) is 0. The highest BCUT2D eigenvalue weighted by Gasteiger charge is 2.26. The van der Waals surface area contributed by atoms with Gasteiger partial charge in [-0.1, -0.05) is 30.6 Å². The number of carbonyl (C=O) groups is 1. The predicted octanol–water partition coefficient (Wildman–Crippen LogP) is 3.69. The fourth-order valence-electron chi connectivity index (χ4n) is 4.14. The minimum absolute atomic E-state index is 0.0460. The topological polar surface area (TPSA) is 75.4 Å². The van der Waals surface area contributed by atoms with Crippen LogP contribution < -0.4 is 4.90 Å². The molecule has 1 saturated heterocycles. The Labute approximate surface area is 167 Å². The molecule has 3 aromatic rings. The summed E-state index contributed by atoms with van der Waals surface area (Å²) in [6.45, 7) is 2.95. The largest absolute Gasteiger partial charge is 0.443 e. The number of benzene rings is 1. The van der Waals surface area contributed by atoms with Gasteiger partial charge >= 0.3 is 0 Å². The number of rotatable bonds is 3. The van der Waals surface area contributed by atoms with Crippen LogP contribution in [0.3, 0.4) is 0 Å². The summed E-state index contributed by atoms with van der Waals surface area (Å²) in [6.07, 6.45) is 7.85. The molecule has 28 heavy (non-hydrogen) atoms. The van der Waals surface area contributed by atoms with E-state index in [1.54, 1.807) is 23.5 Å². The number of oxazole rings is 1. The molecule has 2 aliphatic rings. The first-order valence-corrected chi connectivity index (χ1v) is 10.8. The van der Waals surface area contributed by atoms with Gasteiger partial charge in [0, 0.05) is 37.7 Å². The number of carbonyl (C=O) groups excluding carboxylic acids is 1. The molecule has 0 spiro atoms. The molecule has 146 valence electrons. The molecule has 7 nitrogen and oxygen atoms in total. The van der Waals surface area contributed by atoms with Crippen LogP contribution in [-0.4, -0.2) is 52.2 Å². The fraction of sp³-hybridized carbons (Fsp3) is 0.500. The van der Waals surface area contributed by atoms with E-state index in [9.17, 15) is 4.79 Å². The second-order valence-corrected chi connectivity index (χ2v) is 8.56. The van der Waals surface area contributed by atoms with Crippen molar-refractivity contribution in [2.75, 3.05) is 31.1 Å². The van der Waals surface area contributed by atoms with Gasteiger partial charge in [0.1, 0.15) is 10.5 Å². The van der Waals surface area contributed by atoms with E-state index in [0.29, 0.717) is 35.7 Å². The number of piperazine rings is 1. The van der Waals surface area contributed by atoms with Gasteiger partial charge in [0.2, 0.25) is 5.13 Å². The first-order chi connectivity index (χ1) is 13.8. The molecule has 1 aliphatic heterocycles. The first kappa shape index (κ1) is 17.6. The molecule has 0 atom stereocenters. The van der Waals surface area contributed by atoms with Crippen molar-refractivity contribution < 1.29 is 9.21 Å². The van der Waals surface area contributed by atoms with E-state index in [4.69, 9.17) is 4.42 Å². The SMILES string of the molecule is O=C(c1ccc2ocnc2c1)N1CCN(c2nnc(C3CCCCC3)s2)CC1. The number of hydrogen-bond acceptors (Lipinski definition) is 7. The highest BCUT2D eigenvalue weighted by Crippen LogP contribution is 2.36. The summed E-state index contributed by atoms with van der Waals surface area (Å²) in [5.74, 6) is 0.638. The van der Waals surface area contributed by atoms with Gasteiger partial charge in [-0.15, -0.1) is 10.2 Å². The van der Waals surface area contributed by atoms with Crippen molar-refractivity contribution in [3.05, 3.63) is 35.2 Å². The monoisotopic (exact) mass is 397 g/mol. The van der Waals surface area contributed by atoms with Crippen LogP contribution in [0, 0.1) is 0 Å². The summed E-state index contributed by atoms with van der Waals surface area (Å²) >= 11 is 1.74. The van der Waals surface area contributed by atoms with Crippen molar-refractivity contribution in [3.8, 4) is 0 Å². The Bertz CT molecular complexity index is 970. The zero-order chi connectivity index (χ0) is 18.9. The van der Waals surface area contributed by atoms with Gasteiger partial charge in [0.15, 0.2) is 12.0 Å². The Morgan fingerprint density at radius 2 is 1.89 bits per heavy atom. The van der Waals surface area contributed by atoms with Crippen LogP contribution in [0.25, 0.3) is 11.1 Å². The van der Waals surface area contributed by atoms with E-state index in [-0.39, 0.29) is 5.91 Å². The highest BCUT2D eigenvalue weighted by atomic mass is 32.1. The zero-order valence-corrected chi connectivity index (χ0v) is 16.5. The lowest BCUT2D eigenvalue weighted by Crippen LogP contribution is -2.48. The van der Waals surface area contributed by atoms with Gasteiger partial charge in [-0.25, -0.2) is 4.98 Å². The molecule has 2 aromatic heterocycles. The average molecular weight is 398 g/mol. The molecule has 0 bridgehead atoms. The third-order valence-corrected chi connectivity index (χ3v) is 6.95. The lowest BCUT2D eigenvalue weighted by molar-refractivity contribution is 0.0747. The van der Waals surface area contributed by atoms with Gasteiger partial charge in [-0.05, 0) is 31.0 Å². The van der Waals surface area contributed by atoms with Crippen LogP contribution in [0.5, 0.6) is 0 Å². The lowest BCUT2D eigenvalue weighted by Gasteiger charge is -2.34. The number of nitrogens with zero attached hydrogens (tertiary/aromatic N) is 5. The molecule has 5 rings (SSSR count). The molecule has 0 N–H and O–H groups in total. The van der Waals surface area contributed by atoms with E-state index in [1.165, 1.54) is 43.5 Å². The smallest absolute Gasteiger partial charge is 0.254 e. The second kappa shape index (κ2) is 7.50. The second-order valence-electron chi connectivity index (χ2n) is 7.57. The Balaban J connectivity index is 1.22.